The van der Waals surface area contributed by atoms with E-state index in [1.807, 2.05) is 0 Å². The molecule has 0 bridgehead atoms. The molecule has 0 unspecified atom stereocenters. The summed E-state index contributed by atoms with van der Waals surface area (Å²) in [5, 5.41) is 6.66. The van der Waals surface area contributed by atoms with Crippen LogP contribution in [-0.2, 0) is 20.1 Å². The summed E-state index contributed by atoms with van der Waals surface area (Å²) < 4.78 is 0. The van der Waals surface area contributed by atoms with Crippen LogP contribution in [0.15, 0.2) is 0 Å². The van der Waals surface area contributed by atoms with Gasteiger partial charge in [-0.2, -0.15) is 0 Å². The Morgan fingerprint density at radius 1 is 1.38 bits per heavy atom. The molecule has 0 rings (SSSR count). The Kier molecular flexibility index (Phi) is 14.4. The first kappa shape index (κ1) is 11.2. The SMILES string of the molecule is CCCCCC=N.[Ir]. The van der Waals surface area contributed by atoms with Crippen LogP contribution in [0.3, 0.4) is 0 Å². The summed E-state index contributed by atoms with van der Waals surface area (Å²) >= 11 is 0. The maximum absolute atomic E-state index is 6.66. The number of nitrogens with one attached hydrogen (secondary N) is 1. The van der Waals surface area contributed by atoms with Crippen molar-refractivity contribution in [1.82, 2.24) is 0 Å². The summed E-state index contributed by atoms with van der Waals surface area (Å²) in [5.41, 5.74) is 0. The molecule has 1 nitrogen and oxygen atoms in total. The fraction of sp³-hybridized carbons (Fsp3) is 0.833. The fourth-order valence-corrected chi connectivity index (χ4v) is 0.496. The summed E-state index contributed by atoms with van der Waals surface area (Å²) in [4.78, 5) is 0. The van der Waals surface area contributed by atoms with Gasteiger partial charge in [0.1, 0.15) is 0 Å². The summed E-state index contributed by atoms with van der Waals surface area (Å²) in [5.74, 6) is 0. The minimum absolute atomic E-state index is 0. The normalized spacial score (nSPS) is 7.62. The first-order valence-electron chi connectivity index (χ1n) is 2.90. The third kappa shape index (κ3) is 9.58. The van der Waals surface area contributed by atoms with Crippen LogP contribution >= 0.6 is 0 Å². The van der Waals surface area contributed by atoms with Gasteiger partial charge in [0, 0.05) is 20.1 Å². The number of hydrogen-bond acceptors (Lipinski definition) is 1. The van der Waals surface area contributed by atoms with Crippen LogP contribution < -0.4 is 0 Å². The molecule has 0 aliphatic rings. The largest absolute Gasteiger partial charge is 0.313 e. The summed E-state index contributed by atoms with van der Waals surface area (Å²) in [6, 6.07) is 0. The van der Waals surface area contributed by atoms with Gasteiger partial charge >= 0.3 is 0 Å². The van der Waals surface area contributed by atoms with Gasteiger partial charge in [-0.05, 0) is 19.1 Å². The van der Waals surface area contributed by atoms with E-state index in [0.29, 0.717) is 0 Å². The van der Waals surface area contributed by atoms with Gasteiger partial charge in [0.15, 0.2) is 0 Å². The van der Waals surface area contributed by atoms with E-state index in [2.05, 4.69) is 6.92 Å². The van der Waals surface area contributed by atoms with Crippen LogP contribution in [0, 0.1) is 5.41 Å². The van der Waals surface area contributed by atoms with Gasteiger partial charge in [0.2, 0.25) is 0 Å². The molecular weight excluding hydrogens is 278 g/mol. The van der Waals surface area contributed by atoms with Gasteiger partial charge in [0.25, 0.3) is 0 Å². The van der Waals surface area contributed by atoms with E-state index in [4.69, 9.17) is 5.41 Å². The molecule has 0 fully saturated rings. The third-order valence-electron chi connectivity index (χ3n) is 0.952. The number of unbranched alkanes of at least 4 members (excludes halogenated alkanes) is 3. The zero-order chi connectivity index (χ0) is 5.54. The zero-order valence-corrected chi connectivity index (χ0v) is 7.63. The molecule has 0 aliphatic carbocycles. The van der Waals surface area contributed by atoms with Crippen molar-refractivity contribution in [3.05, 3.63) is 0 Å². The maximum atomic E-state index is 6.66. The average Bonchev–Trinajstić information content (AvgIpc) is 1.69. The molecule has 51 valence electrons. The molecule has 0 saturated heterocycles. The molecule has 0 aromatic heterocycles. The molecule has 0 aromatic rings. The third-order valence-corrected chi connectivity index (χ3v) is 0.952. The Bertz CT molecular complexity index is 45.8. The van der Waals surface area contributed by atoms with Crippen molar-refractivity contribution in [3.63, 3.8) is 0 Å². The minimum atomic E-state index is 0. The van der Waals surface area contributed by atoms with Crippen LogP contribution in [0.25, 0.3) is 0 Å². The van der Waals surface area contributed by atoms with Crippen molar-refractivity contribution < 1.29 is 20.1 Å². The van der Waals surface area contributed by atoms with Crippen LogP contribution in [-0.4, -0.2) is 6.21 Å². The number of hydrogen-bond donors (Lipinski definition) is 1. The standard InChI is InChI=1S/C6H13N.Ir/c1-2-3-4-5-6-7;/h6-7H,2-5H2,1H3;. The topological polar surface area (TPSA) is 23.9 Å². The Balaban J connectivity index is 0. The monoisotopic (exact) mass is 292 g/mol. The van der Waals surface area contributed by atoms with E-state index in [-0.39, 0.29) is 20.1 Å². The van der Waals surface area contributed by atoms with Gasteiger partial charge < -0.3 is 5.41 Å². The van der Waals surface area contributed by atoms with Gasteiger partial charge in [0.05, 0.1) is 0 Å². The van der Waals surface area contributed by atoms with Crippen molar-refractivity contribution in [2.24, 2.45) is 0 Å². The first-order valence-corrected chi connectivity index (χ1v) is 2.90. The van der Waals surface area contributed by atoms with Crippen molar-refractivity contribution >= 4 is 6.21 Å². The van der Waals surface area contributed by atoms with E-state index >= 15 is 0 Å². The van der Waals surface area contributed by atoms with E-state index < -0.39 is 0 Å². The second-order valence-electron chi connectivity index (χ2n) is 1.70. The summed E-state index contributed by atoms with van der Waals surface area (Å²) in [7, 11) is 0. The second-order valence-corrected chi connectivity index (χ2v) is 1.70. The number of rotatable bonds is 4. The van der Waals surface area contributed by atoms with Crippen molar-refractivity contribution in [2.45, 2.75) is 32.6 Å². The van der Waals surface area contributed by atoms with Crippen LogP contribution in [0.5, 0.6) is 0 Å². The average molecular weight is 291 g/mol. The molecule has 2 heteroatoms. The fourth-order valence-electron chi connectivity index (χ4n) is 0.496. The van der Waals surface area contributed by atoms with Gasteiger partial charge in [-0.15, -0.1) is 0 Å². The summed E-state index contributed by atoms with van der Waals surface area (Å²) in [6.07, 6.45) is 6.17. The van der Waals surface area contributed by atoms with Crippen LogP contribution in [0.1, 0.15) is 32.6 Å². The molecule has 1 radical (unpaired) electrons. The summed E-state index contributed by atoms with van der Waals surface area (Å²) in [6.45, 7) is 2.17. The molecule has 0 aliphatic heterocycles. The van der Waals surface area contributed by atoms with E-state index in [1.54, 1.807) is 0 Å². The molecule has 0 heterocycles. The Hall–Kier alpha value is 0.319. The first-order chi connectivity index (χ1) is 3.41. The molecule has 0 spiro atoms. The van der Waals surface area contributed by atoms with E-state index in [1.165, 1.54) is 25.5 Å². The van der Waals surface area contributed by atoms with Gasteiger partial charge in [-0.1, -0.05) is 19.8 Å². The van der Waals surface area contributed by atoms with Crippen LogP contribution in [0.4, 0.5) is 0 Å². The van der Waals surface area contributed by atoms with Gasteiger partial charge in [-0.25, -0.2) is 0 Å². The molecular formula is C6H13IrN. The van der Waals surface area contributed by atoms with Gasteiger partial charge in [-0.3, -0.25) is 0 Å². The maximum Gasteiger partial charge on any atom is 0 e. The second kappa shape index (κ2) is 10.3. The Morgan fingerprint density at radius 3 is 2.38 bits per heavy atom. The Morgan fingerprint density at radius 2 is 2.00 bits per heavy atom. The van der Waals surface area contributed by atoms with Crippen molar-refractivity contribution in [3.8, 4) is 0 Å². The Labute approximate surface area is 64.7 Å². The van der Waals surface area contributed by atoms with E-state index in [9.17, 15) is 0 Å². The predicted molar refractivity (Wildman–Crippen MR) is 32.9 cm³/mol. The molecule has 8 heavy (non-hydrogen) atoms. The molecule has 0 saturated carbocycles. The molecule has 0 amide bonds. The van der Waals surface area contributed by atoms with Crippen LogP contribution in [0.2, 0.25) is 0 Å². The van der Waals surface area contributed by atoms with Crippen molar-refractivity contribution in [1.29, 1.82) is 5.41 Å². The smallest absolute Gasteiger partial charge is 0 e. The van der Waals surface area contributed by atoms with E-state index in [0.717, 1.165) is 6.42 Å². The predicted octanol–water partition coefficient (Wildman–Crippen LogP) is 2.21. The molecule has 0 aromatic carbocycles. The minimum Gasteiger partial charge on any atom is -0.313 e. The molecule has 0 atom stereocenters. The zero-order valence-electron chi connectivity index (χ0n) is 5.24. The molecule has 1 N–H and O–H groups in total. The van der Waals surface area contributed by atoms with Crippen molar-refractivity contribution in [2.75, 3.05) is 0 Å². The quantitative estimate of drug-likeness (QED) is 0.606.